The predicted molar refractivity (Wildman–Crippen MR) is 140 cm³/mol. The van der Waals surface area contributed by atoms with E-state index in [1.165, 1.54) is 11.1 Å². The Kier molecular flexibility index (Phi) is 9.19. The summed E-state index contributed by atoms with van der Waals surface area (Å²) in [5.41, 5.74) is 2.54. The largest absolute Gasteiger partial charge is 0.488 e. The average Bonchev–Trinajstić information content (AvgIpc) is 3.23. The van der Waals surface area contributed by atoms with Crippen LogP contribution in [-0.2, 0) is 11.2 Å². The summed E-state index contributed by atoms with van der Waals surface area (Å²) in [7, 11) is 1.82. The predicted octanol–water partition coefficient (Wildman–Crippen LogP) is 3.67. The van der Waals surface area contributed by atoms with Crippen LogP contribution >= 0.6 is 24.0 Å². The first-order chi connectivity index (χ1) is 15.2. The number of nitrogens with zero attached hydrogens (tertiary/aromatic N) is 1. The molecule has 2 heterocycles. The van der Waals surface area contributed by atoms with Crippen LogP contribution in [0, 0.1) is 0 Å². The van der Waals surface area contributed by atoms with E-state index in [1.807, 2.05) is 19.2 Å². The first-order valence-electron chi connectivity index (χ1n) is 11.3. The minimum absolute atomic E-state index is 0. The van der Waals surface area contributed by atoms with Crippen LogP contribution in [0.1, 0.15) is 36.9 Å². The van der Waals surface area contributed by atoms with E-state index in [4.69, 9.17) is 9.47 Å². The number of aliphatic imine (C=N–C) groups is 1. The summed E-state index contributed by atoms with van der Waals surface area (Å²) >= 11 is 0. The molecule has 32 heavy (non-hydrogen) atoms. The van der Waals surface area contributed by atoms with Gasteiger partial charge in [-0.2, -0.15) is 0 Å². The summed E-state index contributed by atoms with van der Waals surface area (Å²) in [5, 5.41) is 10.9. The molecule has 0 aliphatic carbocycles. The average molecular weight is 550 g/mol. The molecule has 7 heteroatoms. The van der Waals surface area contributed by atoms with Crippen molar-refractivity contribution in [3.8, 4) is 5.75 Å². The third-order valence-corrected chi connectivity index (χ3v) is 6.30. The van der Waals surface area contributed by atoms with Gasteiger partial charge in [-0.1, -0.05) is 48.5 Å². The van der Waals surface area contributed by atoms with E-state index in [0.717, 1.165) is 57.3 Å². The number of hydrogen-bond acceptors (Lipinski definition) is 4. The number of benzene rings is 2. The number of guanidine groups is 1. The first kappa shape index (κ1) is 24.8. The monoisotopic (exact) mass is 550 g/mol. The molecule has 3 N–H and O–H groups in total. The van der Waals surface area contributed by atoms with E-state index in [2.05, 4.69) is 70.3 Å². The van der Waals surface area contributed by atoms with Gasteiger partial charge in [-0.05, 0) is 37.0 Å². The lowest BCUT2D eigenvalue weighted by Crippen LogP contribution is -2.58. The summed E-state index contributed by atoms with van der Waals surface area (Å²) in [5.74, 6) is 1.80. The van der Waals surface area contributed by atoms with Crippen LogP contribution in [0.25, 0.3) is 0 Å². The van der Waals surface area contributed by atoms with Gasteiger partial charge in [-0.25, -0.2) is 0 Å². The van der Waals surface area contributed by atoms with Crippen LogP contribution in [0.2, 0.25) is 0 Å². The minimum Gasteiger partial charge on any atom is -0.488 e. The molecule has 2 unspecified atom stereocenters. The molecule has 4 rings (SSSR count). The summed E-state index contributed by atoms with van der Waals surface area (Å²) in [4.78, 5) is 4.43. The van der Waals surface area contributed by atoms with Crippen molar-refractivity contribution < 1.29 is 9.47 Å². The zero-order valence-corrected chi connectivity index (χ0v) is 21.3. The Labute approximate surface area is 208 Å². The van der Waals surface area contributed by atoms with Crippen LogP contribution in [-0.4, -0.2) is 51.0 Å². The summed E-state index contributed by atoms with van der Waals surface area (Å²) in [6.45, 7) is 5.29. The number of ether oxygens (including phenoxy) is 2. The molecule has 0 bridgehead atoms. The fraction of sp³-hybridized carbons (Fsp3) is 0.480. The highest BCUT2D eigenvalue weighted by atomic mass is 127. The van der Waals surface area contributed by atoms with Crippen LogP contribution in [0.4, 0.5) is 0 Å². The van der Waals surface area contributed by atoms with E-state index in [0.29, 0.717) is 0 Å². The number of hydrogen-bond donors (Lipinski definition) is 3. The van der Waals surface area contributed by atoms with Gasteiger partial charge < -0.3 is 25.4 Å². The molecule has 2 aliphatic heterocycles. The van der Waals surface area contributed by atoms with E-state index >= 15 is 0 Å². The Bertz CT molecular complexity index is 846. The maximum atomic E-state index is 6.04. The SMILES string of the molecule is CN=C(NCC1Cc2ccccc2O1)NCC1(NC(C)c2ccccc2)CCOCC1.I. The fourth-order valence-electron chi connectivity index (χ4n) is 4.47. The lowest BCUT2D eigenvalue weighted by atomic mass is 9.88. The molecular formula is C25H35IN4O2. The molecule has 1 saturated heterocycles. The Morgan fingerprint density at radius 2 is 1.78 bits per heavy atom. The van der Waals surface area contributed by atoms with Gasteiger partial charge in [0.05, 0.1) is 6.54 Å². The zero-order chi connectivity index (χ0) is 21.5. The number of rotatable bonds is 7. The Morgan fingerprint density at radius 3 is 2.50 bits per heavy atom. The molecule has 2 aromatic rings. The second kappa shape index (κ2) is 11.9. The smallest absolute Gasteiger partial charge is 0.191 e. The maximum absolute atomic E-state index is 6.04. The molecule has 2 aliphatic rings. The van der Waals surface area contributed by atoms with Gasteiger partial charge in [0.25, 0.3) is 0 Å². The van der Waals surface area contributed by atoms with Crippen LogP contribution in [0.3, 0.4) is 0 Å². The van der Waals surface area contributed by atoms with Crippen LogP contribution < -0.4 is 20.7 Å². The molecule has 0 saturated carbocycles. The van der Waals surface area contributed by atoms with Gasteiger partial charge in [0, 0.05) is 44.8 Å². The summed E-state index contributed by atoms with van der Waals surface area (Å²) in [6.07, 6.45) is 2.99. The molecular weight excluding hydrogens is 515 g/mol. The normalized spacial score (nSPS) is 20.4. The van der Waals surface area contributed by atoms with Gasteiger partial charge in [0.1, 0.15) is 11.9 Å². The van der Waals surface area contributed by atoms with Gasteiger partial charge in [0.15, 0.2) is 5.96 Å². The minimum atomic E-state index is -0.0365. The highest BCUT2D eigenvalue weighted by molar-refractivity contribution is 14.0. The molecule has 2 atom stereocenters. The van der Waals surface area contributed by atoms with Crippen molar-refractivity contribution in [3.63, 3.8) is 0 Å². The number of para-hydroxylation sites is 1. The van der Waals surface area contributed by atoms with E-state index in [-0.39, 0.29) is 41.7 Å². The lowest BCUT2D eigenvalue weighted by molar-refractivity contribution is 0.0354. The molecule has 1 fully saturated rings. The highest BCUT2D eigenvalue weighted by Crippen LogP contribution is 2.28. The van der Waals surface area contributed by atoms with Crippen LogP contribution in [0.5, 0.6) is 5.75 Å². The number of fused-ring (bicyclic) bond motifs is 1. The van der Waals surface area contributed by atoms with Gasteiger partial charge >= 0.3 is 0 Å². The van der Waals surface area contributed by atoms with E-state index < -0.39 is 0 Å². The van der Waals surface area contributed by atoms with Crippen molar-refractivity contribution in [1.29, 1.82) is 0 Å². The summed E-state index contributed by atoms with van der Waals surface area (Å²) < 4.78 is 11.7. The van der Waals surface area contributed by atoms with Crippen molar-refractivity contribution in [3.05, 3.63) is 65.7 Å². The van der Waals surface area contributed by atoms with Gasteiger partial charge in [-0.15, -0.1) is 24.0 Å². The van der Waals surface area contributed by atoms with Crippen molar-refractivity contribution in [2.45, 2.75) is 43.9 Å². The van der Waals surface area contributed by atoms with Crippen molar-refractivity contribution in [2.24, 2.45) is 4.99 Å². The lowest BCUT2D eigenvalue weighted by Gasteiger charge is -2.41. The zero-order valence-electron chi connectivity index (χ0n) is 19.0. The number of nitrogens with one attached hydrogen (secondary N) is 3. The third-order valence-electron chi connectivity index (χ3n) is 6.30. The van der Waals surface area contributed by atoms with Crippen molar-refractivity contribution in [1.82, 2.24) is 16.0 Å². The molecule has 0 aromatic heterocycles. The molecule has 0 radical (unpaired) electrons. The first-order valence-corrected chi connectivity index (χ1v) is 11.3. The Hall–Kier alpha value is -1.84. The standard InChI is InChI=1S/C25H34N4O2.HI/c1-19(20-8-4-3-5-9-20)29-25(12-14-30-15-13-25)18-28-24(26-2)27-17-22-16-21-10-6-7-11-23(21)31-22;/h3-11,19,22,29H,12-18H2,1-2H3,(H2,26,27,28);1H. The molecule has 2 aromatic carbocycles. The van der Waals surface area contributed by atoms with Crippen LogP contribution in [0.15, 0.2) is 59.6 Å². The highest BCUT2D eigenvalue weighted by Gasteiger charge is 2.34. The van der Waals surface area contributed by atoms with E-state index in [9.17, 15) is 0 Å². The number of halogens is 1. The van der Waals surface area contributed by atoms with Crippen molar-refractivity contribution >= 4 is 29.9 Å². The fourth-order valence-corrected chi connectivity index (χ4v) is 4.47. The molecule has 174 valence electrons. The quantitative estimate of drug-likeness (QED) is 0.279. The van der Waals surface area contributed by atoms with E-state index in [1.54, 1.807) is 0 Å². The molecule has 0 amide bonds. The topological polar surface area (TPSA) is 66.9 Å². The molecule has 6 nitrogen and oxygen atoms in total. The summed E-state index contributed by atoms with van der Waals surface area (Å²) in [6, 6.07) is 19.1. The Morgan fingerprint density at radius 1 is 1.06 bits per heavy atom. The second-order valence-electron chi connectivity index (χ2n) is 8.53. The van der Waals surface area contributed by atoms with Gasteiger partial charge in [0.2, 0.25) is 0 Å². The maximum Gasteiger partial charge on any atom is 0.191 e. The Balaban J connectivity index is 0.00000289. The molecule has 0 spiro atoms. The third kappa shape index (κ3) is 6.36. The van der Waals surface area contributed by atoms with Gasteiger partial charge in [-0.3, -0.25) is 4.99 Å². The second-order valence-corrected chi connectivity index (χ2v) is 8.53. The van der Waals surface area contributed by atoms with Crippen molar-refractivity contribution in [2.75, 3.05) is 33.4 Å².